The van der Waals surface area contributed by atoms with E-state index in [-0.39, 0.29) is 6.54 Å². The second-order valence-electron chi connectivity index (χ2n) is 5.05. The van der Waals surface area contributed by atoms with Crippen LogP contribution in [0.5, 0.6) is 0 Å². The summed E-state index contributed by atoms with van der Waals surface area (Å²) in [4.78, 5) is 13.0. The summed E-state index contributed by atoms with van der Waals surface area (Å²) in [5.41, 5.74) is -1.66. The Balaban J connectivity index is 2.61. The van der Waals surface area contributed by atoms with Crippen LogP contribution in [0.3, 0.4) is 0 Å². The molecule has 0 radical (unpaired) electrons. The number of rotatable bonds is 6. The van der Waals surface area contributed by atoms with E-state index < -0.39 is 11.6 Å². The fourth-order valence-corrected chi connectivity index (χ4v) is 2.29. The molecule has 100 valence electrons. The van der Waals surface area contributed by atoms with E-state index in [9.17, 15) is 9.90 Å². The molecule has 0 aliphatic carbocycles. The van der Waals surface area contributed by atoms with Crippen molar-refractivity contribution in [2.24, 2.45) is 0 Å². The molecular weight excluding hydrogens is 220 g/mol. The lowest BCUT2D eigenvalue weighted by Gasteiger charge is -2.37. The van der Waals surface area contributed by atoms with Crippen LogP contribution in [0.1, 0.15) is 33.1 Å². The van der Waals surface area contributed by atoms with Gasteiger partial charge in [-0.2, -0.15) is 0 Å². The van der Waals surface area contributed by atoms with Crippen molar-refractivity contribution in [2.75, 3.05) is 26.2 Å². The monoisotopic (exact) mass is 244 g/mol. The molecule has 2 unspecified atom stereocenters. The Morgan fingerprint density at radius 3 is 2.76 bits per heavy atom. The van der Waals surface area contributed by atoms with Gasteiger partial charge in [-0.3, -0.25) is 4.90 Å². The number of hydrogen-bond acceptors (Lipinski definition) is 4. The number of carboxylic acids is 1. The lowest BCUT2D eigenvalue weighted by atomic mass is 10.0. The van der Waals surface area contributed by atoms with Gasteiger partial charge in [-0.05, 0) is 39.3 Å². The first-order valence-corrected chi connectivity index (χ1v) is 6.38. The van der Waals surface area contributed by atoms with Gasteiger partial charge in [0.2, 0.25) is 0 Å². The highest BCUT2D eigenvalue weighted by Gasteiger charge is 2.34. The van der Waals surface area contributed by atoms with Gasteiger partial charge >= 0.3 is 5.97 Å². The first-order valence-electron chi connectivity index (χ1n) is 6.38. The maximum atomic E-state index is 11.0. The molecule has 1 heterocycles. The Morgan fingerprint density at radius 2 is 2.29 bits per heavy atom. The van der Waals surface area contributed by atoms with Crippen molar-refractivity contribution in [3.63, 3.8) is 0 Å². The third kappa shape index (κ3) is 4.26. The number of nitrogens with zero attached hydrogens (tertiary/aromatic N) is 1. The van der Waals surface area contributed by atoms with Crippen LogP contribution in [0.25, 0.3) is 0 Å². The molecule has 1 aliphatic heterocycles. The summed E-state index contributed by atoms with van der Waals surface area (Å²) in [6.07, 6.45) is 3.15. The minimum Gasteiger partial charge on any atom is -0.479 e. The summed E-state index contributed by atoms with van der Waals surface area (Å²) in [7, 11) is 0. The minimum absolute atomic E-state index is 0.197. The van der Waals surface area contributed by atoms with Crippen LogP contribution in [0, 0.1) is 0 Å². The highest BCUT2D eigenvalue weighted by Crippen LogP contribution is 2.15. The van der Waals surface area contributed by atoms with Gasteiger partial charge in [0.05, 0.1) is 0 Å². The number of aliphatic hydroxyl groups is 1. The maximum Gasteiger partial charge on any atom is 0.336 e. The van der Waals surface area contributed by atoms with E-state index in [1.165, 1.54) is 6.92 Å². The molecule has 0 amide bonds. The molecule has 0 saturated carbocycles. The van der Waals surface area contributed by atoms with E-state index in [0.717, 1.165) is 38.9 Å². The van der Waals surface area contributed by atoms with Crippen molar-refractivity contribution in [1.29, 1.82) is 0 Å². The smallest absolute Gasteiger partial charge is 0.336 e. The molecule has 0 aromatic heterocycles. The van der Waals surface area contributed by atoms with Crippen LogP contribution in [0.2, 0.25) is 0 Å². The van der Waals surface area contributed by atoms with Crippen molar-refractivity contribution in [3.05, 3.63) is 0 Å². The van der Waals surface area contributed by atoms with Gasteiger partial charge < -0.3 is 15.5 Å². The number of piperidine rings is 1. The van der Waals surface area contributed by atoms with Crippen molar-refractivity contribution in [1.82, 2.24) is 10.2 Å². The molecule has 1 rings (SSSR count). The average molecular weight is 244 g/mol. The predicted octanol–water partition coefficient (Wildman–Crippen LogP) is 0.286. The quantitative estimate of drug-likeness (QED) is 0.626. The van der Waals surface area contributed by atoms with Crippen molar-refractivity contribution >= 4 is 5.97 Å². The third-order valence-electron chi connectivity index (χ3n) is 3.27. The zero-order valence-corrected chi connectivity index (χ0v) is 10.8. The maximum absolute atomic E-state index is 11.0. The van der Waals surface area contributed by atoms with Crippen molar-refractivity contribution in [3.8, 4) is 0 Å². The SMILES string of the molecule is CCCN(CC(C)(O)C(=O)O)C1CCCNC1. The molecular formula is C12H24N2O3. The van der Waals surface area contributed by atoms with Crippen molar-refractivity contribution < 1.29 is 15.0 Å². The van der Waals surface area contributed by atoms with Crippen LogP contribution < -0.4 is 5.32 Å². The Kier molecular flexibility index (Phi) is 5.36. The Bertz CT molecular complexity index is 250. The van der Waals surface area contributed by atoms with E-state index in [1.807, 2.05) is 0 Å². The summed E-state index contributed by atoms with van der Waals surface area (Å²) in [6, 6.07) is 0.342. The Hall–Kier alpha value is -0.650. The van der Waals surface area contributed by atoms with E-state index in [1.54, 1.807) is 0 Å². The molecule has 0 spiro atoms. The van der Waals surface area contributed by atoms with Gasteiger partial charge in [0.25, 0.3) is 0 Å². The summed E-state index contributed by atoms with van der Waals surface area (Å²) in [6.45, 7) is 6.38. The number of nitrogens with one attached hydrogen (secondary N) is 1. The summed E-state index contributed by atoms with van der Waals surface area (Å²) < 4.78 is 0. The highest BCUT2D eigenvalue weighted by molar-refractivity contribution is 5.76. The molecule has 3 N–H and O–H groups in total. The molecule has 17 heavy (non-hydrogen) atoms. The summed E-state index contributed by atoms with van der Waals surface area (Å²) in [5.74, 6) is -1.15. The lowest BCUT2D eigenvalue weighted by molar-refractivity contribution is -0.159. The van der Waals surface area contributed by atoms with Gasteiger partial charge in [0.15, 0.2) is 5.60 Å². The van der Waals surface area contributed by atoms with Crippen LogP contribution in [-0.4, -0.2) is 58.9 Å². The van der Waals surface area contributed by atoms with Gasteiger partial charge in [0.1, 0.15) is 0 Å². The zero-order valence-electron chi connectivity index (χ0n) is 10.8. The summed E-state index contributed by atoms with van der Waals surface area (Å²) in [5, 5.41) is 22.1. The van der Waals surface area contributed by atoms with Gasteiger partial charge in [0, 0.05) is 19.1 Å². The first kappa shape index (κ1) is 14.4. The van der Waals surface area contributed by atoms with Crippen LogP contribution in [0.15, 0.2) is 0 Å². The molecule has 5 nitrogen and oxygen atoms in total. The number of aliphatic carboxylic acids is 1. The normalized spacial score (nSPS) is 24.6. The predicted molar refractivity (Wildman–Crippen MR) is 66.0 cm³/mol. The Morgan fingerprint density at radius 1 is 1.59 bits per heavy atom. The number of hydrogen-bond donors (Lipinski definition) is 3. The topological polar surface area (TPSA) is 72.8 Å². The molecule has 2 atom stereocenters. The Labute approximate surface area is 103 Å². The molecule has 1 saturated heterocycles. The van der Waals surface area contributed by atoms with Crippen molar-refractivity contribution in [2.45, 2.75) is 44.8 Å². The zero-order chi connectivity index (χ0) is 12.9. The second kappa shape index (κ2) is 6.33. The molecule has 0 aromatic carbocycles. The lowest BCUT2D eigenvalue weighted by Crippen LogP contribution is -2.54. The van der Waals surface area contributed by atoms with Gasteiger partial charge in [-0.1, -0.05) is 6.92 Å². The number of carboxylic acid groups (broad SMARTS) is 1. The third-order valence-corrected chi connectivity index (χ3v) is 3.27. The van der Waals surface area contributed by atoms with E-state index >= 15 is 0 Å². The first-order chi connectivity index (χ1) is 7.97. The van der Waals surface area contributed by atoms with Crippen LogP contribution >= 0.6 is 0 Å². The second-order valence-corrected chi connectivity index (χ2v) is 5.05. The molecule has 1 fully saturated rings. The fraction of sp³-hybridized carbons (Fsp3) is 0.917. The standard InChI is InChI=1S/C12H24N2O3/c1-3-7-14(9-12(2,17)11(15)16)10-5-4-6-13-8-10/h10,13,17H,3-9H2,1-2H3,(H,15,16). The highest BCUT2D eigenvalue weighted by atomic mass is 16.4. The van der Waals surface area contributed by atoms with Gasteiger partial charge in [-0.15, -0.1) is 0 Å². The van der Waals surface area contributed by atoms with Gasteiger partial charge in [-0.25, -0.2) is 4.79 Å². The number of carbonyl (C=O) groups is 1. The summed E-state index contributed by atoms with van der Waals surface area (Å²) >= 11 is 0. The van der Waals surface area contributed by atoms with Crippen LogP contribution in [0.4, 0.5) is 0 Å². The minimum atomic E-state index is -1.66. The molecule has 1 aliphatic rings. The molecule has 0 aromatic rings. The molecule has 0 bridgehead atoms. The molecule has 5 heteroatoms. The van der Waals surface area contributed by atoms with E-state index in [0.29, 0.717) is 6.04 Å². The largest absolute Gasteiger partial charge is 0.479 e. The van der Waals surface area contributed by atoms with E-state index in [2.05, 4.69) is 17.1 Å². The van der Waals surface area contributed by atoms with Crippen LogP contribution in [-0.2, 0) is 4.79 Å². The average Bonchev–Trinajstić information content (AvgIpc) is 2.29. The fourth-order valence-electron chi connectivity index (χ4n) is 2.29. The van der Waals surface area contributed by atoms with E-state index in [4.69, 9.17) is 5.11 Å².